The molecule has 33 heavy (non-hydrogen) atoms. The third-order valence-electron chi connectivity index (χ3n) is 6.08. The van der Waals surface area contributed by atoms with Crippen LogP contribution in [0, 0.1) is 13.8 Å². The number of carbonyl (C=O) groups excluding carboxylic acids is 1. The lowest BCUT2D eigenvalue weighted by atomic mass is 9.85. The van der Waals surface area contributed by atoms with E-state index >= 15 is 0 Å². The zero-order valence-electron chi connectivity index (χ0n) is 19.6. The van der Waals surface area contributed by atoms with Gasteiger partial charge in [0, 0.05) is 22.5 Å². The number of hydrogen-bond donors (Lipinski definition) is 1. The molecular formula is C27H28ClNO4. The summed E-state index contributed by atoms with van der Waals surface area (Å²) < 4.78 is 11.6. The number of amides is 1. The van der Waals surface area contributed by atoms with Gasteiger partial charge in [0.1, 0.15) is 11.2 Å². The van der Waals surface area contributed by atoms with Crippen molar-refractivity contribution < 1.29 is 13.6 Å². The molecule has 1 N–H and O–H groups in total. The van der Waals surface area contributed by atoms with Gasteiger partial charge in [-0.1, -0.05) is 44.5 Å². The number of furan rings is 1. The van der Waals surface area contributed by atoms with Gasteiger partial charge < -0.3 is 14.2 Å². The summed E-state index contributed by atoms with van der Waals surface area (Å²) >= 11 is 5.91. The fraction of sp³-hybridized carbons (Fsp3) is 0.333. The molecule has 6 heteroatoms. The van der Waals surface area contributed by atoms with Crippen molar-refractivity contribution in [3.05, 3.63) is 79.9 Å². The Morgan fingerprint density at radius 3 is 2.45 bits per heavy atom. The van der Waals surface area contributed by atoms with Gasteiger partial charge in [-0.05, 0) is 60.6 Å². The molecule has 0 bridgehead atoms. The molecular weight excluding hydrogens is 438 g/mol. The normalized spacial score (nSPS) is 11.9. The van der Waals surface area contributed by atoms with Crippen LogP contribution in [0.25, 0.3) is 21.9 Å². The summed E-state index contributed by atoms with van der Waals surface area (Å²) in [6.45, 7) is 10.7. The molecule has 4 rings (SSSR count). The van der Waals surface area contributed by atoms with Crippen LogP contribution >= 0.6 is 11.6 Å². The number of nitrogens with one attached hydrogen (secondary N) is 1. The smallest absolute Gasteiger partial charge is 0.340 e. The minimum absolute atomic E-state index is 0.0487. The molecule has 0 aliphatic carbocycles. The first-order chi connectivity index (χ1) is 15.6. The minimum Gasteiger partial charge on any atom is -0.463 e. The van der Waals surface area contributed by atoms with Crippen LogP contribution in [0.4, 0.5) is 0 Å². The van der Waals surface area contributed by atoms with Crippen LogP contribution in [0.1, 0.15) is 48.6 Å². The Hall–Kier alpha value is -3.05. The zero-order valence-corrected chi connectivity index (χ0v) is 20.4. The first-order valence-corrected chi connectivity index (χ1v) is 11.4. The van der Waals surface area contributed by atoms with Crippen molar-refractivity contribution in [2.75, 3.05) is 6.54 Å². The number of aryl methyl sites for hydroxylation is 2. The maximum absolute atomic E-state index is 12.7. The number of halogens is 1. The molecule has 4 aromatic rings. The van der Waals surface area contributed by atoms with E-state index in [-0.39, 0.29) is 17.7 Å². The van der Waals surface area contributed by atoms with Crippen molar-refractivity contribution in [3.8, 4) is 0 Å². The van der Waals surface area contributed by atoms with E-state index in [9.17, 15) is 9.59 Å². The molecule has 0 saturated heterocycles. The highest BCUT2D eigenvalue weighted by Crippen LogP contribution is 2.38. The monoisotopic (exact) mass is 465 g/mol. The van der Waals surface area contributed by atoms with E-state index in [0.29, 0.717) is 40.3 Å². The predicted octanol–water partition coefficient (Wildman–Crippen LogP) is 6.01. The van der Waals surface area contributed by atoms with Crippen molar-refractivity contribution >= 4 is 39.4 Å². The highest BCUT2D eigenvalue weighted by Gasteiger charge is 2.25. The van der Waals surface area contributed by atoms with Crippen LogP contribution in [0.5, 0.6) is 0 Å². The van der Waals surface area contributed by atoms with Gasteiger partial charge in [0.2, 0.25) is 5.91 Å². The largest absolute Gasteiger partial charge is 0.463 e. The highest BCUT2D eigenvalue weighted by atomic mass is 35.5. The Balaban J connectivity index is 1.64. The minimum atomic E-state index is -0.491. The lowest BCUT2D eigenvalue weighted by Crippen LogP contribution is -2.29. The van der Waals surface area contributed by atoms with E-state index in [4.69, 9.17) is 20.4 Å². The summed E-state index contributed by atoms with van der Waals surface area (Å²) in [5, 5.41) is 5.35. The number of rotatable bonds is 5. The topological polar surface area (TPSA) is 72.5 Å². The summed E-state index contributed by atoms with van der Waals surface area (Å²) in [5.74, 6) is -0.225. The molecule has 0 spiro atoms. The third-order valence-corrected chi connectivity index (χ3v) is 6.33. The second-order valence-electron chi connectivity index (χ2n) is 9.57. The fourth-order valence-electron chi connectivity index (χ4n) is 4.26. The van der Waals surface area contributed by atoms with Gasteiger partial charge in [0.15, 0.2) is 0 Å². The molecule has 0 radical (unpaired) electrons. The van der Waals surface area contributed by atoms with Gasteiger partial charge in [0.05, 0.1) is 23.6 Å². The average molecular weight is 466 g/mol. The second-order valence-corrected chi connectivity index (χ2v) is 10.0. The molecule has 0 fully saturated rings. The van der Waals surface area contributed by atoms with Crippen LogP contribution in [0.2, 0.25) is 5.02 Å². The van der Waals surface area contributed by atoms with Crippen molar-refractivity contribution in [1.82, 2.24) is 5.32 Å². The molecule has 2 aromatic heterocycles. The maximum Gasteiger partial charge on any atom is 0.340 e. The van der Waals surface area contributed by atoms with Crippen LogP contribution in [0.15, 0.2) is 50.2 Å². The number of benzene rings is 2. The first kappa shape index (κ1) is 23.1. The molecule has 5 nitrogen and oxygen atoms in total. The van der Waals surface area contributed by atoms with E-state index in [2.05, 4.69) is 26.1 Å². The summed E-state index contributed by atoms with van der Waals surface area (Å²) in [6, 6.07) is 9.39. The summed E-state index contributed by atoms with van der Waals surface area (Å²) in [6.07, 6.45) is 2.41. The number of fused-ring (bicyclic) bond motifs is 3. The summed E-state index contributed by atoms with van der Waals surface area (Å²) in [4.78, 5) is 25.4. The SMILES string of the molecule is Cc1cc2oc(=O)c(CC(=O)NCCc3ccc(Cl)cc3)c(C)c2c2occ(C(C)(C)C)c12. The predicted molar refractivity (Wildman–Crippen MR) is 132 cm³/mol. The lowest BCUT2D eigenvalue weighted by Gasteiger charge is -2.17. The van der Waals surface area contributed by atoms with Crippen molar-refractivity contribution in [2.45, 2.75) is 52.9 Å². The Bertz CT molecular complexity index is 1410. The van der Waals surface area contributed by atoms with E-state index < -0.39 is 5.63 Å². The standard InChI is InChI=1S/C27H28ClNO4/c1-15-12-21-24(25-23(15)20(14-32-25)27(3,4)5)16(2)19(26(31)33-21)13-22(30)29-11-10-17-6-8-18(28)9-7-17/h6-9,12,14H,10-11,13H2,1-5H3,(H,29,30). The van der Waals surface area contributed by atoms with Gasteiger partial charge >= 0.3 is 5.63 Å². The van der Waals surface area contributed by atoms with Crippen LogP contribution in [-0.2, 0) is 23.1 Å². The maximum atomic E-state index is 12.7. The van der Waals surface area contributed by atoms with E-state index in [1.165, 1.54) is 0 Å². The molecule has 0 saturated carbocycles. The quantitative estimate of drug-likeness (QED) is 0.366. The highest BCUT2D eigenvalue weighted by molar-refractivity contribution is 6.30. The van der Waals surface area contributed by atoms with Crippen LogP contribution < -0.4 is 10.9 Å². The molecule has 0 atom stereocenters. The van der Waals surface area contributed by atoms with Crippen molar-refractivity contribution in [3.63, 3.8) is 0 Å². The Morgan fingerprint density at radius 1 is 1.09 bits per heavy atom. The van der Waals surface area contributed by atoms with E-state index in [1.54, 1.807) is 6.26 Å². The summed E-state index contributed by atoms with van der Waals surface area (Å²) in [5.41, 5.74) is 4.82. The van der Waals surface area contributed by atoms with Gasteiger partial charge in [0.25, 0.3) is 0 Å². The Labute approximate surface area is 197 Å². The lowest BCUT2D eigenvalue weighted by molar-refractivity contribution is -0.120. The van der Waals surface area contributed by atoms with Crippen molar-refractivity contribution in [1.29, 1.82) is 0 Å². The molecule has 2 heterocycles. The van der Waals surface area contributed by atoms with Gasteiger partial charge in [-0.3, -0.25) is 4.79 Å². The molecule has 0 unspecified atom stereocenters. The summed E-state index contributed by atoms with van der Waals surface area (Å²) in [7, 11) is 0. The van der Waals surface area contributed by atoms with Crippen LogP contribution in [-0.4, -0.2) is 12.5 Å². The van der Waals surface area contributed by atoms with E-state index in [1.807, 2.05) is 44.2 Å². The zero-order chi connectivity index (χ0) is 23.9. The van der Waals surface area contributed by atoms with Crippen LogP contribution in [0.3, 0.4) is 0 Å². The fourth-order valence-corrected chi connectivity index (χ4v) is 4.39. The second kappa shape index (κ2) is 8.71. The third kappa shape index (κ3) is 4.55. The van der Waals surface area contributed by atoms with Gasteiger partial charge in [-0.2, -0.15) is 0 Å². The van der Waals surface area contributed by atoms with E-state index in [0.717, 1.165) is 27.5 Å². The number of hydrogen-bond acceptors (Lipinski definition) is 4. The Morgan fingerprint density at radius 2 is 1.79 bits per heavy atom. The number of carbonyl (C=O) groups is 1. The molecule has 2 aromatic carbocycles. The van der Waals surface area contributed by atoms with Gasteiger partial charge in [-0.25, -0.2) is 4.79 Å². The average Bonchev–Trinajstić information content (AvgIpc) is 3.19. The first-order valence-electron chi connectivity index (χ1n) is 11.0. The van der Waals surface area contributed by atoms with Crippen molar-refractivity contribution in [2.24, 2.45) is 0 Å². The Kier molecular flexibility index (Phi) is 6.10. The molecule has 0 aliphatic rings. The molecule has 1 amide bonds. The molecule has 0 aliphatic heterocycles. The molecule has 172 valence electrons. The van der Waals surface area contributed by atoms with Gasteiger partial charge in [-0.15, -0.1) is 0 Å².